The second-order valence-electron chi connectivity index (χ2n) is 4.59. The van der Waals surface area contributed by atoms with Crippen molar-refractivity contribution in [3.05, 3.63) is 0 Å². The van der Waals surface area contributed by atoms with Crippen LogP contribution in [-0.4, -0.2) is 18.0 Å². The molecule has 0 spiro atoms. The molecule has 1 aliphatic rings. The number of halogens is 2. The molecule has 0 saturated heterocycles. The Morgan fingerprint density at radius 1 is 1.50 bits per heavy atom. The number of ketones is 2. The maximum absolute atomic E-state index is 12.1. The van der Waals surface area contributed by atoms with Crippen molar-refractivity contribution in [2.45, 2.75) is 39.5 Å². The average Bonchev–Trinajstić information content (AvgIpc) is 2.08. The van der Waals surface area contributed by atoms with Crippen molar-refractivity contribution >= 4 is 11.6 Å². The number of Topliss-reactive ketones (excluding diaryl/α,β-unsaturated/α-hetero) is 2. The van der Waals surface area contributed by atoms with Crippen LogP contribution in [0.4, 0.5) is 8.78 Å². The first-order valence-electron chi connectivity index (χ1n) is 4.68. The van der Waals surface area contributed by atoms with E-state index < -0.39 is 18.1 Å². The van der Waals surface area contributed by atoms with E-state index >= 15 is 0 Å². The van der Waals surface area contributed by atoms with Gasteiger partial charge in [0, 0.05) is 6.42 Å². The van der Waals surface area contributed by atoms with Crippen LogP contribution in [0.2, 0.25) is 0 Å². The van der Waals surface area contributed by atoms with Gasteiger partial charge in [0.05, 0.1) is 5.92 Å². The van der Waals surface area contributed by atoms with E-state index in [0.29, 0.717) is 6.42 Å². The van der Waals surface area contributed by atoms with Gasteiger partial charge in [-0.25, -0.2) is 8.78 Å². The zero-order chi connectivity index (χ0) is 10.9. The number of hydrogen-bond donors (Lipinski definition) is 0. The van der Waals surface area contributed by atoms with Crippen LogP contribution >= 0.6 is 0 Å². The fourth-order valence-electron chi connectivity index (χ4n) is 1.82. The van der Waals surface area contributed by atoms with Gasteiger partial charge in [-0.05, 0) is 18.3 Å². The van der Waals surface area contributed by atoms with Crippen molar-refractivity contribution < 1.29 is 18.4 Å². The Hall–Kier alpha value is -0.800. The van der Waals surface area contributed by atoms with Crippen LogP contribution in [0.5, 0.6) is 0 Å². The first-order chi connectivity index (χ1) is 6.33. The number of alkyl halides is 2. The Bertz CT molecular complexity index is 259. The van der Waals surface area contributed by atoms with Crippen molar-refractivity contribution in [1.29, 1.82) is 0 Å². The molecule has 0 bridgehead atoms. The van der Waals surface area contributed by atoms with Gasteiger partial charge in [0.2, 0.25) is 5.78 Å². The molecule has 1 saturated carbocycles. The van der Waals surface area contributed by atoms with E-state index in [9.17, 15) is 18.4 Å². The van der Waals surface area contributed by atoms with Crippen LogP contribution in [0.15, 0.2) is 0 Å². The molecule has 0 heterocycles. The van der Waals surface area contributed by atoms with E-state index in [2.05, 4.69) is 0 Å². The quantitative estimate of drug-likeness (QED) is 0.646. The Kier molecular flexibility index (Phi) is 3.02. The smallest absolute Gasteiger partial charge is 0.296 e. The van der Waals surface area contributed by atoms with Crippen molar-refractivity contribution in [1.82, 2.24) is 0 Å². The highest BCUT2D eigenvalue weighted by molar-refractivity contribution is 6.04. The number of carbonyl (C=O) groups excluding carboxylic acids is 2. The summed E-state index contributed by atoms with van der Waals surface area (Å²) in [5.74, 6) is -2.60. The predicted octanol–water partition coefficient (Wildman–Crippen LogP) is 2.22. The van der Waals surface area contributed by atoms with Gasteiger partial charge in [-0.1, -0.05) is 13.8 Å². The zero-order valence-corrected chi connectivity index (χ0v) is 8.35. The molecule has 0 radical (unpaired) electrons. The molecule has 0 amide bonds. The molecule has 0 N–H and O–H groups in total. The van der Waals surface area contributed by atoms with E-state index in [4.69, 9.17) is 0 Å². The third-order valence-electron chi connectivity index (χ3n) is 2.75. The van der Waals surface area contributed by atoms with Crippen molar-refractivity contribution in [2.24, 2.45) is 11.3 Å². The first-order valence-corrected chi connectivity index (χ1v) is 4.68. The molecule has 0 aromatic heterocycles. The van der Waals surface area contributed by atoms with E-state index in [1.807, 2.05) is 13.8 Å². The molecule has 14 heavy (non-hydrogen) atoms. The maximum Gasteiger partial charge on any atom is 0.296 e. The zero-order valence-electron chi connectivity index (χ0n) is 8.35. The largest absolute Gasteiger partial charge is 0.299 e. The van der Waals surface area contributed by atoms with Gasteiger partial charge in [-0.3, -0.25) is 9.59 Å². The van der Waals surface area contributed by atoms with Crippen LogP contribution in [0.1, 0.15) is 33.1 Å². The van der Waals surface area contributed by atoms with Crippen LogP contribution in [0.25, 0.3) is 0 Å². The van der Waals surface area contributed by atoms with Crippen LogP contribution in [0.3, 0.4) is 0 Å². The second kappa shape index (κ2) is 3.75. The molecule has 2 nitrogen and oxygen atoms in total. The normalized spacial score (nSPS) is 26.6. The Morgan fingerprint density at radius 2 is 2.07 bits per heavy atom. The lowest BCUT2D eigenvalue weighted by molar-refractivity contribution is -0.143. The Balaban J connectivity index is 2.76. The van der Waals surface area contributed by atoms with Crippen LogP contribution < -0.4 is 0 Å². The molecule has 0 aromatic rings. The van der Waals surface area contributed by atoms with E-state index in [1.54, 1.807) is 0 Å². The summed E-state index contributed by atoms with van der Waals surface area (Å²) >= 11 is 0. The van der Waals surface area contributed by atoms with Crippen molar-refractivity contribution in [3.63, 3.8) is 0 Å². The molecule has 1 unspecified atom stereocenters. The Morgan fingerprint density at radius 3 is 2.57 bits per heavy atom. The molecular weight excluding hydrogens is 190 g/mol. The molecule has 1 aliphatic carbocycles. The molecule has 1 fully saturated rings. The lowest BCUT2D eigenvalue weighted by Crippen LogP contribution is -2.37. The third-order valence-corrected chi connectivity index (χ3v) is 2.75. The summed E-state index contributed by atoms with van der Waals surface area (Å²) in [6.07, 6.45) is -1.83. The summed E-state index contributed by atoms with van der Waals surface area (Å²) < 4.78 is 24.3. The highest BCUT2D eigenvalue weighted by Crippen LogP contribution is 2.37. The maximum atomic E-state index is 12.1. The fourth-order valence-corrected chi connectivity index (χ4v) is 1.82. The fraction of sp³-hybridized carbons (Fsp3) is 0.800. The summed E-state index contributed by atoms with van der Waals surface area (Å²) in [5.41, 5.74) is -0.177. The summed E-state index contributed by atoms with van der Waals surface area (Å²) in [4.78, 5) is 22.3. The van der Waals surface area contributed by atoms with E-state index in [1.165, 1.54) is 0 Å². The summed E-state index contributed by atoms with van der Waals surface area (Å²) in [7, 11) is 0. The number of hydrogen-bond acceptors (Lipinski definition) is 2. The van der Waals surface area contributed by atoms with E-state index in [0.717, 1.165) is 0 Å². The summed E-state index contributed by atoms with van der Waals surface area (Å²) in [6.45, 7) is 3.79. The molecular formula is C10H14F2O2. The topological polar surface area (TPSA) is 34.1 Å². The van der Waals surface area contributed by atoms with Crippen LogP contribution in [-0.2, 0) is 9.59 Å². The third kappa shape index (κ3) is 2.36. The monoisotopic (exact) mass is 204 g/mol. The van der Waals surface area contributed by atoms with Gasteiger partial charge in [-0.15, -0.1) is 0 Å². The van der Waals surface area contributed by atoms with Gasteiger partial charge < -0.3 is 0 Å². The number of rotatable bonds is 2. The lowest BCUT2D eigenvalue weighted by Gasteiger charge is -2.33. The number of carbonyl (C=O) groups is 2. The van der Waals surface area contributed by atoms with Gasteiger partial charge in [0.25, 0.3) is 6.43 Å². The van der Waals surface area contributed by atoms with Crippen molar-refractivity contribution in [2.75, 3.05) is 0 Å². The van der Waals surface area contributed by atoms with E-state index in [-0.39, 0.29) is 24.0 Å². The minimum absolute atomic E-state index is 0.177. The second-order valence-corrected chi connectivity index (χ2v) is 4.59. The SMILES string of the molecule is CC1(C)CCC(=O)C(C(=O)C(F)F)C1. The standard InChI is InChI=1S/C10H14F2O2/c1-10(2)4-3-7(13)6(5-10)8(14)9(11)12/h6,9H,3-5H2,1-2H3. The minimum atomic E-state index is -3.02. The molecule has 0 aliphatic heterocycles. The average molecular weight is 204 g/mol. The van der Waals surface area contributed by atoms with Gasteiger partial charge in [0.15, 0.2) is 0 Å². The first kappa shape index (κ1) is 11.3. The van der Waals surface area contributed by atoms with Crippen LogP contribution in [0, 0.1) is 11.3 Å². The lowest BCUT2D eigenvalue weighted by atomic mass is 9.70. The molecule has 80 valence electrons. The minimum Gasteiger partial charge on any atom is -0.299 e. The molecule has 4 heteroatoms. The Labute approximate surface area is 81.7 Å². The highest BCUT2D eigenvalue weighted by atomic mass is 19.3. The van der Waals surface area contributed by atoms with Gasteiger partial charge in [-0.2, -0.15) is 0 Å². The molecule has 1 rings (SSSR count). The van der Waals surface area contributed by atoms with Gasteiger partial charge in [0.1, 0.15) is 5.78 Å². The summed E-state index contributed by atoms with van der Waals surface area (Å²) in [5, 5.41) is 0. The van der Waals surface area contributed by atoms with Gasteiger partial charge >= 0.3 is 0 Å². The molecule has 0 aromatic carbocycles. The summed E-state index contributed by atoms with van der Waals surface area (Å²) in [6, 6.07) is 0. The predicted molar refractivity (Wildman–Crippen MR) is 47.1 cm³/mol. The van der Waals surface area contributed by atoms with Crippen molar-refractivity contribution in [3.8, 4) is 0 Å². The molecule has 1 atom stereocenters. The highest BCUT2D eigenvalue weighted by Gasteiger charge is 2.40.